The molecule has 14 heavy (non-hydrogen) atoms. The van der Waals surface area contributed by atoms with E-state index in [-0.39, 0.29) is 0 Å². The second-order valence-electron chi connectivity index (χ2n) is 3.32. The van der Waals surface area contributed by atoms with Crippen LogP contribution < -0.4 is 10.1 Å². The molecule has 1 aromatic rings. The maximum absolute atomic E-state index is 5.35. The van der Waals surface area contributed by atoms with E-state index in [1.807, 2.05) is 23.9 Å². The highest BCUT2D eigenvalue weighted by molar-refractivity contribution is 7.99. The third-order valence-electron chi connectivity index (χ3n) is 2.44. The number of methoxy groups -OCH3 is 1. The van der Waals surface area contributed by atoms with Crippen LogP contribution in [-0.2, 0) is 0 Å². The normalized spacial score (nSPS) is 21.9. The molecule has 0 spiro atoms. The van der Waals surface area contributed by atoms with E-state index < -0.39 is 0 Å². The fourth-order valence-electron chi connectivity index (χ4n) is 1.72. The number of ether oxygens (including phenoxy) is 1. The highest BCUT2D eigenvalue weighted by Gasteiger charge is 2.17. The third kappa shape index (κ3) is 2.04. The van der Waals surface area contributed by atoms with Crippen molar-refractivity contribution in [3.63, 3.8) is 0 Å². The van der Waals surface area contributed by atoms with Gasteiger partial charge in [0.2, 0.25) is 0 Å². The summed E-state index contributed by atoms with van der Waals surface area (Å²) >= 11 is 2.00. The molecular formula is C11H15NOS. The van der Waals surface area contributed by atoms with Crippen molar-refractivity contribution in [1.82, 2.24) is 5.32 Å². The first-order valence-electron chi connectivity index (χ1n) is 4.86. The van der Waals surface area contributed by atoms with Crippen molar-refractivity contribution in [3.05, 3.63) is 29.8 Å². The van der Waals surface area contributed by atoms with Crippen LogP contribution in [0.1, 0.15) is 11.6 Å². The van der Waals surface area contributed by atoms with E-state index in [9.17, 15) is 0 Å². The van der Waals surface area contributed by atoms with E-state index in [1.54, 1.807) is 7.11 Å². The fraction of sp³-hybridized carbons (Fsp3) is 0.455. The van der Waals surface area contributed by atoms with Crippen LogP contribution in [-0.4, -0.2) is 25.2 Å². The predicted molar refractivity (Wildman–Crippen MR) is 61.1 cm³/mol. The summed E-state index contributed by atoms with van der Waals surface area (Å²) in [5, 5.41) is 3.51. The number of hydrogen-bond acceptors (Lipinski definition) is 3. The Kier molecular flexibility index (Phi) is 3.32. The molecule has 1 atom stereocenters. The highest BCUT2D eigenvalue weighted by Crippen LogP contribution is 2.28. The van der Waals surface area contributed by atoms with Gasteiger partial charge in [-0.15, -0.1) is 0 Å². The van der Waals surface area contributed by atoms with Crippen molar-refractivity contribution in [1.29, 1.82) is 0 Å². The Labute approximate surface area is 89.0 Å². The summed E-state index contributed by atoms with van der Waals surface area (Å²) in [6.45, 7) is 1.09. The molecule has 1 heterocycles. The maximum atomic E-state index is 5.35. The predicted octanol–water partition coefficient (Wildman–Crippen LogP) is 2.07. The van der Waals surface area contributed by atoms with Gasteiger partial charge in [0, 0.05) is 29.7 Å². The number of benzene rings is 1. The van der Waals surface area contributed by atoms with E-state index in [2.05, 4.69) is 17.4 Å². The van der Waals surface area contributed by atoms with Crippen LogP contribution in [0.5, 0.6) is 5.75 Å². The average molecular weight is 209 g/mol. The molecule has 76 valence electrons. The molecule has 1 aliphatic heterocycles. The minimum Gasteiger partial charge on any atom is -0.496 e. The first-order chi connectivity index (χ1) is 6.92. The molecule has 1 saturated heterocycles. The van der Waals surface area contributed by atoms with Crippen LogP contribution in [0.2, 0.25) is 0 Å². The monoisotopic (exact) mass is 209 g/mol. The summed E-state index contributed by atoms with van der Waals surface area (Å²) in [7, 11) is 1.73. The SMILES string of the molecule is COc1ccccc1C1CSCCN1. The third-order valence-corrected chi connectivity index (χ3v) is 3.50. The lowest BCUT2D eigenvalue weighted by Crippen LogP contribution is -2.30. The highest BCUT2D eigenvalue weighted by atomic mass is 32.2. The van der Waals surface area contributed by atoms with Gasteiger partial charge in [-0.25, -0.2) is 0 Å². The number of nitrogens with one attached hydrogen (secondary N) is 1. The molecule has 3 heteroatoms. The quantitative estimate of drug-likeness (QED) is 0.805. The summed E-state index contributed by atoms with van der Waals surface area (Å²) in [4.78, 5) is 0. The fourth-order valence-corrected chi connectivity index (χ4v) is 2.68. The van der Waals surface area contributed by atoms with Gasteiger partial charge in [-0.05, 0) is 6.07 Å². The Morgan fingerprint density at radius 2 is 2.29 bits per heavy atom. The number of para-hydroxylation sites is 1. The van der Waals surface area contributed by atoms with Crippen molar-refractivity contribution in [3.8, 4) is 5.75 Å². The van der Waals surface area contributed by atoms with Crippen molar-refractivity contribution in [2.75, 3.05) is 25.2 Å². The summed E-state index contributed by atoms with van der Waals surface area (Å²) in [5.74, 6) is 3.35. The molecule has 1 unspecified atom stereocenters. The lowest BCUT2D eigenvalue weighted by Gasteiger charge is -2.24. The van der Waals surface area contributed by atoms with Gasteiger partial charge in [0.1, 0.15) is 5.75 Å². The molecule has 0 aromatic heterocycles. The Hall–Kier alpha value is -0.670. The Bertz CT molecular complexity index is 297. The standard InChI is InChI=1S/C11H15NOS/c1-13-11-5-3-2-4-9(11)10-8-14-7-6-12-10/h2-5,10,12H,6-8H2,1H3. The van der Waals surface area contributed by atoms with Gasteiger partial charge in [-0.3, -0.25) is 0 Å². The largest absolute Gasteiger partial charge is 0.496 e. The van der Waals surface area contributed by atoms with Crippen LogP contribution in [0.4, 0.5) is 0 Å². The number of thioether (sulfide) groups is 1. The molecule has 2 rings (SSSR count). The zero-order valence-corrected chi connectivity index (χ0v) is 9.14. The first kappa shape index (κ1) is 9.87. The van der Waals surface area contributed by atoms with Crippen LogP contribution >= 0.6 is 11.8 Å². The van der Waals surface area contributed by atoms with E-state index >= 15 is 0 Å². The van der Waals surface area contributed by atoms with E-state index in [0.29, 0.717) is 6.04 Å². The molecule has 0 bridgehead atoms. The Balaban J connectivity index is 2.20. The van der Waals surface area contributed by atoms with Gasteiger partial charge < -0.3 is 10.1 Å². The number of rotatable bonds is 2. The van der Waals surface area contributed by atoms with Crippen molar-refractivity contribution < 1.29 is 4.74 Å². The van der Waals surface area contributed by atoms with E-state index in [0.717, 1.165) is 18.0 Å². The smallest absolute Gasteiger partial charge is 0.123 e. The van der Waals surface area contributed by atoms with Gasteiger partial charge in [0.25, 0.3) is 0 Å². The second kappa shape index (κ2) is 4.71. The molecule has 0 amide bonds. The van der Waals surface area contributed by atoms with Crippen LogP contribution in [0.3, 0.4) is 0 Å². The molecule has 1 aromatic carbocycles. The van der Waals surface area contributed by atoms with Gasteiger partial charge in [-0.2, -0.15) is 11.8 Å². The van der Waals surface area contributed by atoms with Gasteiger partial charge >= 0.3 is 0 Å². The Morgan fingerprint density at radius 3 is 3.00 bits per heavy atom. The van der Waals surface area contributed by atoms with Crippen LogP contribution in [0, 0.1) is 0 Å². The van der Waals surface area contributed by atoms with Gasteiger partial charge in [0.15, 0.2) is 0 Å². The minimum absolute atomic E-state index is 0.449. The molecule has 1 N–H and O–H groups in total. The van der Waals surface area contributed by atoms with Crippen LogP contribution in [0.15, 0.2) is 24.3 Å². The minimum atomic E-state index is 0.449. The van der Waals surface area contributed by atoms with E-state index in [4.69, 9.17) is 4.74 Å². The maximum Gasteiger partial charge on any atom is 0.123 e. The second-order valence-corrected chi connectivity index (χ2v) is 4.47. The van der Waals surface area contributed by atoms with Crippen molar-refractivity contribution in [2.45, 2.75) is 6.04 Å². The van der Waals surface area contributed by atoms with Crippen LogP contribution in [0.25, 0.3) is 0 Å². The molecule has 0 aliphatic carbocycles. The summed E-state index contributed by atoms with van der Waals surface area (Å²) < 4.78 is 5.35. The molecule has 1 fully saturated rings. The zero-order valence-electron chi connectivity index (χ0n) is 8.32. The molecular weight excluding hydrogens is 194 g/mol. The number of hydrogen-bond donors (Lipinski definition) is 1. The Morgan fingerprint density at radius 1 is 1.43 bits per heavy atom. The lowest BCUT2D eigenvalue weighted by atomic mass is 10.1. The van der Waals surface area contributed by atoms with Gasteiger partial charge in [-0.1, -0.05) is 18.2 Å². The van der Waals surface area contributed by atoms with Crippen molar-refractivity contribution >= 4 is 11.8 Å². The lowest BCUT2D eigenvalue weighted by molar-refractivity contribution is 0.402. The van der Waals surface area contributed by atoms with Crippen molar-refractivity contribution in [2.24, 2.45) is 0 Å². The summed E-state index contributed by atoms with van der Waals surface area (Å²) in [5.41, 5.74) is 1.28. The zero-order chi connectivity index (χ0) is 9.80. The average Bonchev–Trinajstić information content (AvgIpc) is 2.30. The molecule has 0 saturated carbocycles. The first-order valence-corrected chi connectivity index (χ1v) is 6.01. The molecule has 0 radical (unpaired) electrons. The topological polar surface area (TPSA) is 21.3 Å². The van der Waals surface area contributed by atoms with E-state index in [1.165, 1.54) is 11.3 Å². The summed E-state index contributed by atoms with van der Waals surface area (Å²) in [6, 6.07) is 8.69. The molecule has 1 aliphatic rings. The summed E-state index contributed by atoms with van der Waals surface area (Å²) in [6.07, 6.45) is 0. The van der Waals surface area contributed by atoms with Gasteiger partial charge in [0.05, 0.1) is 7.11 Å². The molecule has 2 nitrogen and oxygen atoms in total.